The van der Waals surface area contributed by atoms with Gasteiger partial charge in [-0.05, 0) is 18.2 Å². The lowest BCUT2D eigenvalue weighted by Gasteiger charge is -2.15. The van der Waals surface area contributed by atoms with Crippen LogP contribution in [0.15, 0.2) is 27.6 Å². The smallest absolute Gasteiger partial charge is 0.340 e. The minimum atomic E-state index is -3.73. The van der Waals surface area contributed by atoms with Crippen LogP contribution < -0.4 is 5.32 Å². The van der Waals surface area contributed by atoms with E-state index in [1.807, 2.05) is 6.92 Å². The molecule has 0 saturated carbocycles. The Labute approximate surface area is 157 Å². The number of aliphatic hydroxyl groups is 1. The number of carbonyl (C=O) groups is 1. The summed E-state index contributed by atoms with van der Waals surface area (Å²) < 4.78 is 35.8. The Hall–Kier alpha value is -2.50. The third-order valence-corrected chi connectivity index (χ3v) is 5.38. The van der Waals surface area contributed by atoms with Gasteiger partial charge in [0.25, 0.3) is 5.89 Å². The predicted molar refractivity (Wildman–Crippen MR) is 95.7 cm³/mol. The second-order valence-electron chi connectivity index (χ2n) is 5.68. The lowest BCUT2D eigenvalue weighted by Crippen LogP contribution is -2.23. The number of aryl methyl sites for hydroxylation is 1. The molecule has 0 atom stereocenters. The first kappa shape index (κ1) is 20.8. The first-order valence-electron chi connectivity index (χ1n) is 8.19. The van der Waals surface area contributed by atoms with Crippen molar-refractivity contribution >= 4 is 21.7 Å². The molecule has 0 radical (unpaired) electrons. The summed E-state index contributed by atoms with van der Waals surface area (Å²) in [6.45, 7) is 1.64. The Morgan fingerprint density at radius 1 is 1.37 bits per heavy atom. The Balaban J connectivity index is 2.28. The number of nitrogens with one attached hydrogen (secondary N) is 1. The molecule has 0 fully saturated rings. The van der Waals surface area contributed by atoms with Crippen LogP contribution in [0, 0.1) is 0 Å². The number of hydrogen-bond donors (Lipinski definition) is 2. The largest absolute Gasteiger partial charge is 0.452 e. The minimum Gasteiger partial charge on any atom is -0.452 e. The average molecular weight is 398 g/mol. The Morgan fingerprint density at radius 3 is 2.70 bits per heavy atom. The van der Waals surface area contributed by atoms with Gasteiger partial charge in [-0.1, -0.05) is 12.1 Å². The minimum absolute atomic E-state index is 0.0154. The first-order chi connectivity index (χ1) is 12.8. The van der Waals surface area contributed by atoms with Crippen LogP contribution in [0.1, 0.15) is 29.0 Å². The van der Waals surface area contributed by atoms with Crippen molar-refractivity contribution in [2.75, 3.05) is 32.6 Å². The maximum atomic E-state index is 12.5. The fourth-order valence-electron chi connectivity index (χ4n) is 2.11. The molecule has 0 aliphatic rings. The number of aromatic nitrogens is 2. The SMILES string of the molecule is CCc1noc(COC(=O)c2cc(S(=O)(=O)N(C)C)ccc2NCCO)n1. The van der Waals surface area contributed by atoms with Crippen molar-refractivity contribution in [3.05, 3.63) is 35.5 Å². The number of esters is 1. The van der Waals surface area contributed by atoms with Gasteiger partial charge in [-0.2, -0.15) is 4.98 Å². The summed E-state index contributed by atoms with van der Waals surface area (Å²) in [5.74, 6) is -0.130. The quantitative estimate of drug-likeness (QED) is 0.583. The number of sulfonamides is 1. The molecule has 1 aromatic heterocycles. The van der Waals surface area contributed by atoms with E-state index < -0.39 is 16.0 Å². The Kier molecular flexibility index (Phi) is 6.88. The monoisotopic (exact) mass is 398 g/mol. The van der Waals surface area contributed by atoms with Gasteiger partial charge in [-0.25, -0.2) is 17.5 Å². The van der Waals surface area contributed by atoms with Crippen LogP contribution in [-0.4, -0.2) is 61.2 Å². The summed E-state index contributed by atoms with van der Waals surface area (Å²) in [5, 5.41) is 15.5. The zero-order chi connectivity index (χ0) is 20.0. The molecule has 2 rings (SSSR count). The second kappa shape index (κ2) is 8.93. The fraction of sp³-hybridized carbons (Fsp3) is 0.438. The van der Waals surface area contributed by atoms with E-state index in [0.29, 0.717) is 17.9 Å². The van der Waals surface area contributed by atoms with Crippen molar-refractivity contribution < 1.29 is 27.6 Å². The van der Waals surface area contributed by atoms with E-state index in [1.165, 1.54) is 32.3 Å². The maximum absolute atomic E-state index is 12.5. The summed E-state index contributed by atoms with van der Waals surface area (Å²) in [6, 6.07) is 4.05. The van der Waals surface area contributed by atoms with Crippen LogP contribution in [-0.2, 0) is 27.8 Å². The van der Waals surface area contributed by atoms with Gasteiger partial charge in [0.15, 0.2) is 12.4 Å². The molecule has 148 valence electrons. The van der Waals surface area contributed by atoms with Crippen molar-refractivity contribution in [2.24, 2.45) is 0 Å². The molecule has 0 amide bonds. The van der Waals surface area contributed by atoms with E-state index >= 15 is 0 Å². The first-order valence-corrected chi connectivity index (χ1v) is 9.63. The third kappa shape index (κ3) is 5.02. The van der Waals surface area contributed by atoms with Crippen molar-refractivity contribution in [2.45, 2.75) is 24.8 Å². The summed E-state index contributed by atoms with van der Waals surface area (Å²) in [5.41, 5.74) is 0.355. The van der Waals surface area contributed by atoms with E-state index in [0.717, 1.165) is 4.31 Å². The van der Waals surface area contributed by atoms with E-state index in [4.69, 9.17) is 14.4 Å². The van der Waals surface area contributed by atoms with Gasteiger partial charge in [0.1, 0.15) is 0 Å². The number of carbonyl (C=O) groups excluding carboxylic acids is 1. The normalized spacial score (nSPS) is 11.6. The van der Waals surface area contributed by atoms with Gasteiger partial charge in [0.05, 0.1) is 17.1 Å². The van der Waals surface area contributed by atoms with Crippen LogP contribution in [0.4, 0.5) is 5.69 Å². The molecule has 0 unspecified atom stereocenters. The molecule has 0 aliphatic heterocycles. The molecule has 2 N–H and O–H groups in total. The Morgan fingerprint density at radius 2 is 2.11 bits per heavy atom. The van der Waals surface area contributed by atoms with Crippen LogP contribution in [0.2, 0.25) is 0 Å². The second-order valence-corrected chi connectivity index (χ2v) is 7.83. The molecule has 11 heteroatoms. The van der Waals surface area contributed by atoms with Crippen molar-refractivity contribution in [1.82, 2.24) is 14.4 Å². The highest BCUT2D eigenvalue weighted by Gasteiger charge is 2.22. The highest BCUT2D eigenvalue weighted by atomic mass is 32.2. The maximum Gasteiger partial charge on any atom is 0.340 e. The zero-order valence-corrected chi connectivity index (χ0v) is 16.1. The van der Waals surface area contributed by atoms with Crippen LogP contribution in [0.3, 0.4) is 0 Å². The topological polar surface area (TPSA) is 135 Å². The van der Waals surface area contributed by atoms with Crippen LogP contribution >= 0.6 is 0 Å². The molecule has 2 aromatic rings. The number of nitrogens with zero attached hydrogens (tertiary/aromatic N) is 3. The molecule has 10 nitrogen and oxygen atoms in total. The number of aliphatic hydroxyl groups excluding tert-OH is 1. The Bertz CT molecular complexity index is 894. The van der Waals surface area contributed by atoms with Crippen molar-refractivity contribution in [3.8, 4) is 0 Å². The van der Waals surface area contributed by atoms with Gasteiger partial charge >= 0.3 is 5.97 Å². The highest BCUT2D eigenvalue weighted by Crippen LogP contribution is 2.23. The number of anilines is 1. The average Bonchev–Trinajstić information content (AvgIpc) is 3.12. The lowest BCUT2D eigenvalue weighted by molar-refractivity contribution is 0.0430. The van der Waals surface area contributed by atoms with Gasteiger partial charge in [0.2, 0.25) is 10.0 Å². The summed E-state index contributed by atoms with van der Waals surface area (Å²) in [6.07, 6.45) is 0.580. The van der Waals surface area contributed by atoms with Crippen molar-refractivity contribution in [3.63, 3.8) is 0 Å². The lowest BCUT2D eigenvalue weighted by atomic mass is 10.2. The third-order valence-electron chi connectivity index (χ3n) is 3.57. The zero-order valence-electron chi connectivity index (χ0n) is 15.3. The highest BCUT2D eigenvalue weighted by molar-refractivity contribution is 7.89. The summed E-state index contributed by atoms with van der Waals surface area (Å²) in [7, 11) is -0.940. The van der Waals surface area contributed by atoms with E-state index in [9.17, 15) is 13.2 Å². The summed E-state index contributed by atoms with van der Waals surface area (Å²) in [4.78, 5) is 16.5. The van der Waals surface area contributed by atoms with Crippen LogP contribution in [0.5, 0.6) is 0 Å². The molecular formula is C16H22N4O6S. The summed E-state index contributed by atoms with van der Waals surface area (Å²) >= 11 is 0. The van der Waals surface area contributed by atoms with Crippen LogP contribution in [0.25, 0.3) is 0 Å². The van der Waals surface area contributed by atoms with Crippen molar-refractivity contribution in [1.29, 1.82) is 0 Å². The molecular weight excluding hydrogens is 376 g/mol. The molecule has 27 heavy (non-hydrogen) atoms. The molecule has 1 aromatic carbocycles. The van der Waals surface area contributed by atoms with Gasteiger partial charge in [-0.3, -0.25) is 0 Å². The molecule has 1 heterocycles. The van der Waals surface area contributed by atoms with Gasteiger partial charge < -0.3 is 19.7 Å². The molecule has 0 spiro atoms. The molecule has 0 saturated heterocycles. The van der Waals surface area contributed by atoms with Gasteiger partial charge in [-0.15, -0.1) is 0 Å². The predicted octanol–water partition coefficient (Wildman–Crippen LogP) is 0.643. The van der Waals surface area contributed by atoms with E-state index in [-0.39, 0.29) is 36.1 Å². The van der Waals surface area contributed by atoms with E-state index in [2.05, 4.69) is 15.5 Å². The standard InChI is InChI=1S/C16H22N4O6S/c1-4-14-18-15(26-19-14)10-25-16(22)12-9-11(27(23,24)20(2)3)5-6-13(12)17-7-8-21/h5-6,9,17,21H,4,7-8,10H2,1-3H3. The molecule has 0 bridgehead atoms. The number of hydrogen-bond acceptors (Lipinski definition) is 9. The number of benzene rings is 1. The fourth-order valence-corrected chi connectivity index (χ4v) is 3.03. The number of rotatable bonds is 9. The van der Waals surface area contributed by atoms with E-state index in [1.54, 1.807) is 0 Å². The number of ether oxygens (including phenoxy) is 1. The molecule has 0 aliphatic carbocycles. The van der Waals surface area contributed by atoms with Gasteiger partial charge in [0, 0.05) is 32.7 Å².